The average Bonchev–Trinajstić information content (AvgIpc) is 3.50. The maximum absolute atomic E-state index is 14.5. The van der Waals surface area contributed by atoms with Crippen LogP contribution in [0.25, 0.3) is 11.1 Å². The van der Waals surface area contributed by atoms with Gasteiger partial charge in [0.15, 0.2) is 0 Å². The van der Waals surface area contributed by atoms with Gasteiger partial charge in [-0.1, -0.05) is 48.5 Å². The summed E-state index contributed by atoms with van der Waals surface area (Å²) in [6, 6.07) is 13.2. The molecule has 4 aromatic rings. The fraction of sp³-hybridized carbons (Fsp3) is 0.341. The monoisotopic (exact) mass is 828 g/mol. The minimum Gasteiger partial charge on any atom is -0.487 e. The maximum atomic E-state index is 14.5. The van der Waals surface area contributed by atoms with Crippen LogP contribution in [0.3, 0.4) is 0 Å². The Morgan fingerprint density at radius 2 is 1.47 bits per heavy atom. The number of guanidine groups is 1. The van der Waals surface area contributed by atoms with E-state index in [0.717, 1.165) is 27.8 Å². The van der Waals surface area contributed by atoms with E-state index in [9.17, 15) is 40.0 Å². The smallest absolute Gasteiger partial charge is 0.407 e. The largest absolute Gasteiger partial charge is 0.487 e. The molecule has 17 heteroatoms. The van der Waals surface area contributed by atoms with E-state index in [0.29, 0.717) is 35.3 Å². The molecule has 6 rings (SSSR count). The first-order valence-electron chi connectivity index (χ1n) is 18.3. The lowest BCUT2D eigenvalue weighted by Gasteiger charge is -2.35. The minimum atomic E-state index is -4.26. The lowest BCUT2D eigenvalue weighted by molar-refractivity contribution is -0.137. The van der Waals surface area contributed by atoms with Gasteiger partial charge in [-0.25, -0.2) is 35.9 Å². The summed E-state index contributed by atoms with van der Waals surface area (Å²) in [6.07, 6.45) is -0.407. The zero-order valence-corrected chi connectivity index (χ0v) is 33.0. The number of halogens is 5. The molecule has 2 aliphatic rings. The number of rotatable bonds is 11. The third kappa shape index (κ3) is 8.17. The molecule has 0 aromatic heterocycles. The van der Waals surface area contributed by atoms with Crippen molar-refractivity contribution in [3.05, 3.63) is 111 Å². The van der Waals surface area contributed by atoms with E-state index in [2.05, 4.69) is 19.8 Å². The van der Waals surface area contributed by atoms with Crippen LogP contribution in [0.4, 0.5) is 26.7 Å². The SMILES string of the molecule is Cc1c(C)c(S(=O)(=O)NC(N)=NCCC[C@H](NC(=O)OCC2c3ccccc3-c3ccccc32)C(=O)Oc2c(F)c(F)c(F)c(F)c2F)c(C)c2c1OC(C)(C)CC2. The molecule has 0 saturated heterocycles. The summed E-state index contributed by atoms with van der Waals surface area (Å²) in [5.41, 5.74) is 11.6. The van der Waals surface area contributed by atoms with E-state index >= 15 is 0 Å². The van der Waals surface area contributed by atoms with Gasteiger partial charge in [0.25, 0.3) is 10.0 Å². The molecule has 0 unspecified atom stereocenters. The van der Waals surface area contributed by atoms with Gasteiger partial charge in [-0.2, -0.15) is 8.78 Å². The number of nitrogens with one attached hydrogen (secondary N) is 2. The van der Waals surface area contributed by atoms with Gasteiger partial charge in [0.05, 0.1) is 4.90 Å². The van der Waals surface area contributed by atoms with Crippen LogP contribution in [-0.4, -0.2) is 51.2 Å². The molecule has 1 heterocycles. The number of benzene rings is 4. The van der Waals surface area contributed by atoms with Gasteiger partial charge in [0.2, 0.25) is 40.8 Å². The number of carbonyl (C=O) groups is 2. The van der Waals surface area contributed by atoms with Crippen LogP contribution in [0, 0.1) is 49.9 Å². The number of amides is 1. The number of hydrogen-bond donors (Lipinski definition) is 3. The Hall–Kier alpha value is -5.71. The zero-order chi connectivity index (χ0) is 42.3. The molecule has 0 spiro atoms. The van der Waals surface area contributed by atoms with Crippen molar-refractivity contribution in [1.82, 2.24) is 10.0 Å². The maximum Gasteiger partial charge on any atom is 0.407 e. The molecular formula is C41H41F5N4O7S. The summed E-state index contributed by atoms with van der Waals surface area (Å²) in [7, 11) is -4.26. The van der Waals surface area contributed by atoms with Gasteiger partial charge < -0.3 is 25.3 Å². The van der Waals surface area contributed by atoms with Crippen molar-refractivity contribution in [2.45, 2.75) is 82.8 Å². The molecule has 1 aliphatic carbocycles. The Morgan fingerprint density at radius 3 is 2.07 bits per heavy atom. The molecule has 0 radical (unpaired) electrons. The number of ether oxygens (including phenoxy) is 3. The van der Waals surface area contributed by atoms with Crippen LogP contribution < -0.4 is 25.2 Å². The van der Waals surface area contributed by atoms with Gasteiger partial charge >= 0.3 is 12.1 Å². The number of hydrogen-bond acceptors (Lipinski definition) is 8. The third-order valence-corrected chi connectivity index (χ3v) is 12.0. The molecule has 0 bridgehead atoms. The molecule has 0 fully saturated rings. The van der Waals surface area contributed by atoms with Gasteiger partial charge in [-0.15, -0.1) is 0 Å². The van der Waals surface area contributed by atoms with Crippen molar-refractivity contribution < 1.29 is 54.2 Å². The molecule has 1 aliphatic heterocycles. The molecule has 58 heavy (non-hydrogen) atoms. The summed E-state index contributed by atoms with van der Waals surface area (Å²) in [5.74, 6) is -15.6. The Kier molecular flexibility index (Phi) is 11.8. The quantitative estimate of drug-likeness (QED) is 0.0208. The lowest BCUT2D eigenvalue weighted by Crippen LogP contribution is -2.44. The van der Waals surface area contributed by atoms with Gasteiger partial charge in [-0.05, 0) is 105 Å². The fourth-order valence-corrected chi connectivity index (χ4v) is 8.87. The molecule has 1 atom stereocenters. The highest BCUT2D eigenvalue weighted by Crippen LogP contribution is 2.45. The number of fused-ring (bicyclic) bond motifs is 4. The van der Waals surface area contributed by atoms with E-state index in [-0.39, 0.29) is 36.8 Å². The molecule has 4 aromatic carbocycles. The van der Waals surface area contributed by atoms with Gasteiger partial charge in [0.1, 0.15) is 24.0 Å². The Labute approximate surface area is 331 Å². The van der Waals surface area contributed by atoms with E-state index in [1.807, 2.05) is 62.4 Å². The van der Waals surface area contributed by atoms with E-state index in [1.54, 1.807) is 20.8 Å². The summed E-state index contributed by atoms with van der Waals surface area (Å²) in [6.45, 7) is 8.59. The van der Waals surface area contributed by atoms with E-state index in [1.165, 1.54) is 0 Å². The number of nitrogens with two attached hydrogens (primary N) is 1. The summed E-state index contributed by atoms with van der Waals surface area (Å²) in [4.78, 5) is 30.4. The first-order valence-corrected chi connectivity index (χ1v) is 19.8. The summed E-state index contributed by atoms with van der Waals surface area (Å²) >= 11 is 0. The average molecular weight is 829 g/mol. The van der Waals surface area contributed by atoms with Crippen LogP contribution in [0.2, 0.25) is 0 Å². The standard InChI is InChI=1S/C41H41F5N4O7S/c1-20-21(2)37(22(3)23-16-17-41(4,5)57-35(20)23)58(53,54)50-39(47)48-18-10-15-29(38(51)56-36-33(45)31(43)30(42)32(44)34(36)46)49-40(52)55-19-28-26-13-8-6-11-24(26)25-12-7-9-14-27(25)28/h6-9,11-14,28-29H,10,15-19H2,1-5H3,(H,49,52)(H3,47,48,50)/t29-/m0/s1. The lowest BCUT2D eigenvalue weighted by atomic mass is 9.88. The second-order valence-corrected chi connectivity index (χ2v) is 16.4. The summed E-state index contributed by atoms with van der Waals surface area (Å²) in [5, 5.41) is 2.24. The van der Waals surface area contributed by atoms with Crippen molar-refractivity contribution in [2.24, 2.45) is 10.7 Å². The Balaban J connectivity index is 1.16. The van der Waals surface area contributed by atoms with Gasteiger partial charge in [-0.3, -0.25) is 4.99 Å². The second-order valence-electron chi connectivity index (χ2n) is 14.7. The molecule has 0 saturated carbocycles. The number of alkyl carbamates (subject to hydrolysis) is 1. The van der Waals surface area contributed by atoms with Crippen molar-refractivity contribution in [1.29, 1.82) is 0 Å². The van der Waals surface area contributed by atoms with Crippen LogP contribution in [0.1, 0.15) is 72.4 Å². The minimum absolute atomic E-state index is 0.0217. The van der Waals surface area contributed by atoms with Crippen LogP contribution >= 0.6 is 0 Å². The Morgan fingerprint density at radius 1 is 0.897 bits per heavy atom. The highest BCUT2D eigenvalue weighted by molar-refractivity contribution is 7.90. The van der Waals surface area contributed by atoms with Crippen LogP contribution in [0.5, 0.6) is 11.5 Å². The number of esters is 1. The predicted molar refractivity (Wildman–Crippen MR) is 204 cm³/mol. The molecule has 4 N–H and O–H groups in total. The zero-order valence-electron chi connectivity index (χ0n) is 32.2. The highest BCUT2D eigenvalue weighted by atomic mass is 32.2. The first kappa shape index (κ1) is 41.9. The van der Waals surface area contributed by atoms with E-state index < -0.39 is 74.5 Å². The normalized spacial score (nSPS) is 15.1. The number of carbonyl (C=O) groups excluding carboxylic acids is 2. The predicted octanol–water partition coefficient (Wildman–Crippen LogP) is 7.30. The number of sulfonamides is 1. The van der Waals surface area contributed by atoms with Crippen molar-refractivity contribution in [3.8, 4) is 22.6 Å². The van der Waals surface area contributed by atoms with Crippen LogP contribution in [0.15, 0.2) is 58.4 Å². The second kappa shape index (κ2) is 16.3. The van der Waals surface area contributed by atoms with Crippen molar-refractivity contribution in [2.75, 3.05) is 13.2 Å². The Bertz CT molecular complexity index is 2390. The molecule has 11 nitrogen and oxygen atoms in total. The summed E-state index contributed by atoms with van der Waals surface area (Å²) < 4.78 is 116. The van der Waals surface area contributed by atoms with Crippen LogP contribution in [-0.2, 0) is 26.0 Å². The fourth-order valence-electron chi connectivity index (χ4n) is 7.34. The molecular weight excluding hydrogens is 788 g/mol. The van der Waals surface area contributed by atoms with E-state index in [4.69, 9.17) is 15.2 Å². The first-order chi connectivity index (χ1) is 27.3. The molecule has 1 amide bonds. The number of nitrogens with zero attached hydrogens (tertiary/aromatic N) is 1. The topological polar surface area (TPSA) is 158 Å². The van der Waals surface area contributed by atoms with Crippen molar-refractivity contribution >= 4 is 28.0 Å². The third-order valence-electron chi connectivity index (χ3n) is 10.4. The highest BCUT2D eigenvalue weighted by Gasteiger charge is 2.35. The number of aliphatic imine (C=N–C) groups is 1. The molecule has 308 valence electrons. The van der Waals surface area contributed by atoms with Gasteiger partial charge in [0, 0.05) is 12.5 Å². The van der Waals surface area contributed by atoms with Crippen molar-refractivity contribution in [3.63, 3.8) is 0 Å².